The van der Waals surface area contributed by atoms with E-state index in [-0.39, 0.29) is 29.4 Å². The fourth-order valence-corrected chi connectivity index (χ4v) is 5.46. The number of allylic oxidation sites excluding steroid dienone is 2. The highest BCUT2D eigenvalue weighted by molar-refractivity contribution is 6.30. The van der Waals surface area contributed by atoms with Gasteiger partial charge in [-0.15, -0.1) is 0 Å². The van der Waals surface area contributed by atoms with E-state index in [4.69, 9.17) is 17.3 Å². The number of primary amides is 1. The molecule has 0 saturated heterocycles. The van der Waals surface area contributed by atoms with Gasteiger partial charge in [0.1, 0.15) is 17.3 Å². The molecule has 0 fully saturated rings. The number of fused-ring (bicyclic) bond motifs is 1. The van der Waals surface area contributed by atoms with Gasteiger partial charge in [-0.25, -0.2) is 4.39 Å². The van der Waals surface area contributed by atoms with Crippen molar-refractivity contribution in [1.82, 2.24) is 4.98 Å². The maximum absolute atomic E-state index is 14.2. The van der Waals surface area contributed by atoms with Gasteiger partial charge in [-0.05, 0) is 89.2 Å². The molecule has 1 heterocycles. The number of nitrogens with zero attached hydrogens (tertiary/aromatic N) is 1. The first-order valence-electron chi connectivity index (χ1n) is 12.6. The highest BCUT2D eigenvalue weighted by atomic mass is 35.5. The van der Waals surface area contributed by atoms with Crippen LogP contribution in [0.15, 0.2) is 85.1 Å². The Morgan fingerprint density at radius 2 is 1.87 bits per heavy atom. The van der Waals surface area contributed by atoms with Crippen LogP contribution in [0, 0.1) is 5.82 Å². The standard InChI is InChI=1S/C32H26ClFN2O3/c33-25-12-19(13-26(34)17-25)11-24(16-28(38)15-22-7-6-20-8-9-27(37)18-30(20)22)31-29(5-2-10-36-31)21-3-1-4-23(14-21)32(35)39/h1-5,7-10,12-14,17-18,24,37H,6,11,15-16H2,(H2,35,39)/t24-/m1/s1. The van der Waals surface area contributed by atoms with Gasteiger partial charge in [0.25, 0.3) is 0 Å². The Balaban J connectivity index is 1.49. The summed E-state index contributed by atoms with van der Waals surface area (Å²) in [5.74, 6) is -1.24. The second kappa shape index (κ2) is 11.2. The van der Waals surface area contributed by atoms with Crippen LogP contribution in [0.3, 0.4) is 0 Å². The van der Waals surface area contributed by atoms with Crippen LogP contribution in [-0.4, -0.2) is 21.8 Å². The molecule has 39 heavy (non-hydrogen) atoms. The van der Waals surface area contributed by atoms with E-state index in [1.165, 1.54) is 12.1 Å². The van der Waals surface area contributed by atoms with Crippen molar-refractivity contribution in [3.05, 3.63) is 124 Å². The van der Waals surface area contributed by atoms with Gasteiger partial charge in [0, 0.05) is 41.1 Å². The lowest BCUT2D eigenvalue weighted by Gasteiger charge is -2.20. The van der Waals surface area contributed by atoms with Crippen LogP contribution in [0.2, 0.25) is 5.02 Å². The number of carbonyl (C=O) groups is 2. The molecule has 0 saturated carbocycles. The van der Waals surface area contributed by atoms with E-state index in [1.54, 1.807) is 48.7 Å². The zero-order valence-corrected chi connectivity index (χ0v) is 21.8. The van der Waals surface area contributed by atoms with Crippen molar-refractivity contribution in [2.45, 2.75) is 31.6 Å². The fraction of sp³-hybridized carbons (Fsp3) is 0.156. The molecule has 0 radical (unpaired) electrons. The van der Waals surface area contributed by atoms with Gasteiger partial charge in [0.05, 0.1) is 5.69 Å². The predicted octanol–water partition coefficient (Wildman–Crippen LogP) is 6.66. The SMILES string of the molecule is NC(=O)c1cccc(-c2cccnc2[C@@H](CC(=O)CC2=CCc3ccc(O)cc32)Cc2cc(F)cc(Cl)c2)c1. The Morgan fingerprint density at radius 1 is 1.03 bits per heavy atom. The number of amides is 1. The molecule has 3 N–H and O–H groups in total. The monoisotopic (exact) mass is 540 g/mol. The van der Waals surface area contributed by atoms with Crippen molar-refractivity contribution < 1.29 is 19.1 Å². The number of halogens is 2. The summed E-state index contributed by atoms with van der Waals surface area (Å²) in [6, 6.07) is 20.2. The van der Waals surface area contributed by atoms with Crippen molar-refractivity contribution in [1.29, 1.82) is 0 Å². The minimum absolute atomic E-state index is 0.00701. The van der Waals surface area contributed by atoms with Crippen molar-refractivity contribution in [2.75, 3.05) is 0 Å². The number of phenols is 1. The van der Waals surface area contributed by atoms with Crippen LogP contribution in [0.5, 0.6) is 5.75 Å². The lowest BCUT2D eigenvalue weighted by atomic mass is 9.85. The third-order valence-electron chi connectivity index (χ3n) is 6.96. The summed E-state index contributed by atoms with van der Waals surface area (Å²) >= 11 is 6.14. The molecule has 0 spiro atoms. The number of pyridine rings is 1. The summed E-state index contributed by atoms with van der Waals surface area (Å²) in [5.41, 5.74) is 11.5. The van der Waals surface area contributed by atoms with Gasteiger partial charge in [-0.1, -0.05) is 41.9 Å². The Labute approximate surface area is 230 Å². The number of hydrogen-bond acceptors (Lipinski definition) is 4. The van der Waals surface area contributed by atoms with Crippen LogP contribution in [0.4, 0.5) is 4.39 Å². The Morgan fingerprint density at radius 3 is 2.67 bits per heavy atom. The van der Waals surface area contributed by atoms with E-state index in [2.05, 4.69) is 4.98 Å². The van der Waals surface area contributed by atoms with Gasteiger partial charge >= 0.3 is 0 Å². The Hall–Kier alpha value is -4.29. The minimum atomic E-state index is -0.542. The number of nitrogens with two attached hydrogens (primary N) is 1. The third-order valence-corrected chi connectivity index (χ3v) is 7.18. The van der Waals surface area contributed by atoms with E-state index in [0.717, 1.165) is 27.8 Å². The molecule has 5 rings (SSSR count). The van der Waals surface area contributed by atoms with E-state index in [1.807, 2.05) is 24.3 Å². The first-order valence-corrected chi connectivity index (χ1v) is 13.0. The Bertz CT molecular complexity index is 1590. The van der Waals surface area contributed by atoms with Crippen LogP contribution in [0.25, 0.3) is 16.7 Å². The number of phenolic OH excluding ortho intramolecular Hbond substituents is 1. The minimum Gasteiger partial charge on any atom is -0.508 e. The number of aromatic hydroxyl groups is 1. The average Bonchev–Trinajstić information content (AvgIpc) is 3.29. The average molecular weight is 541 g/mol. The molecule has 1 atom stereocenters. The summed E-state index contributed by atoms with van der Waals surface area (Å²) in [7, 11) is 0. The maximum atomic E-state index is 14.2. The number of carbonyl (C=O) groups excluding carboxylic acids is 2. The van der Waals surface area contributed by atoms with Crippen LogP contribution < -0.4 is 5.73 Å². The van der Waals surface area contributed by atoms with E-state index < -0.39 is 17.6 Å². The molecule has 7 heteroatoms. The van der Waals surface area contributed by atoms with Gasteiger partial charge < -0.3 is 10.8 Å². The number of aromatic nitrogens is 1. The molecule has 5 nitrogen and oxygen atoms in total. The molecule has 4 aromatic rings. The molecule has 1 aromatic heterocycles. The molecule has 0 bridgehead atoms. The second-order valence-corrected chi connectivity index (χ2v) is 10.2. The lowest BCUT2D eigenvalue weighted by molar-refractivity contribution is -0.118. The topological polar surface area (TPSA) is 93.3 Å². The molecule has 0 aliphatic heterocycles. The van der Waals surface area contributed by atoms with E-state index in [9.17, 15) is 19.1 Å². The van der Waals surface area contributed by atoms with Crippen molar-refractivity contribution in [2.24, 2.45) is 5.73 Å². The summed E-state index contributed by atoms with van der Waals surface area (Å²) in [6.45, 7) is 0. The number of Topliss-reactive ketones (excluding diaryl/α,β-unsaturated/α-hetero) is 1. The molecule has 1 aliphatic carbocycles. The molecule has 0 unspecified atom stereocenters. The van der Waals surface area contributed by atoms with E-state index >= 15 is 0 Å². The molecular formula is C32H26ClFN2O3. The number of benzene rings is 3. The Kier molecular flexibility index (Phi) is 7.57. The predicted molar refractivity (Wildman–Crippen MR) is 150 cm³/mol. The third kappa shape index (κ3) is 6.07. The lowest BCUT2D eigenvalue weighted by Crippen LogP contribution is -2.14. The van der Waals surface area contributed by atoms with Gasteiger partial charge in [0.15, 0.2) is 0 Å². The summed E-state index contributed by atoms with van der Waals surface area (Å²) < 4.78 is 14.2. The smallest absolute Gasteiger partial charge is 0.248 e. The normalized spacial score (nSPS) is 13.0. The largest absolute Gasteiger partial charge is 0.508 e. The molecule has 3 aromatic carbocycles. The molecule has 196 valence electrons. The highest BCUT2D eigenvalue weighted by Gasteiger charge is 2.24. The summed E-state index contributed by atoms with van der Waals surface area (Å²) in [6.07, 6.45) is 5.08. The van der Waals surface area contributed by atoms with Crippen molar-refractivity contribution >= 4 is 28.9 Å². The van der Waals surface area contributed by atoms with E-state index in [0.29, 0.717) is 29.7 Å². The van der Waals surface area contributed by atoms with Gasteiger partial charge in [-0.3, -0.25) is 14.6 Å². The maximum Gasteiger partial charge on any atom is 0.248 e. The first kappa shape index (κ1) is 26.3. The highest BCUT2D eigenvalue weighted by Crippen LogP contribution is 2.36. The molecule has 1 aliphatic rings. The van der Waals surface area contributed by atoms with Crippen molar-refractivity contribution in [3.8, 4) is 16.9 Å². The van der Waals surface area contributed by atoms with Gasteiger partial charge in [0.2, 0.25) is 5.91 Å². The first-order chi connectivity index (χ1) is 18.8. The van der Waals surface area contributed by atoms with Crippen LogP contribution >= 0.6 is 11.6 Å². The number of hydrogen-bond donors (Lipinski definition) is 2. The fourth-order valence-electron chi connectivity index (χ4n) is 5.22. The summed E-state index contributed by atoms with van der Waals surface area (Å²) in [4.78, 5) is 30.0. The van der Waals surface area contributed by atoms with Gasteiger partial charge in [-0.2, -0.15) is 0 Å². The summed E-state index contributed by atoms with van der Waals surface area (Å²) in [5, 5.41) is 10.2. The number of ketones is 1. The van der Waals surface area contributed by atoms with Crippen molar-refractivity contribution in [3.63, 3.8) is 0 Å². The number of rotatable bonds is 9. The van der Waals surface area contributed by atoms with Crippen LogP contribution in [0.1, 0.15) is 51.5 Å². The van der Waals surface area contributed by atoms with Crippen LogP contribution in [-0.2, 0) is 17.6 Å². The zero-order chi connectivity index (χ0) is 27.5. The zero-order valence-electron chi connectivity index (χ0n) is 21.0. The quantitative estimate of drug-likeness (QED) is 0.248. The second-order valence-electron chi connectivity index (χ2n) is 9.75. The molecular weight excluding hydrogens is 515 g/mol. The molecule has 1 amide bonds.